The molecule has 0 bridgehead atoms. The molecule has 3 aromatic rings. The van der Waals surface area contributed by atoms with Crippen molar-refractivity contribution in [1.82, 2.24) is 20.0 Å². The van der Waals surface area contributed by atoms with Crippen molar-refractivity contribution in [3.63, 3.8) is 0 Å². The van der Waals surface area contributed by atoms with E-state index >= 15 is 0 Å². The summed E-state index contributed by atoms with van der Waals surface area (Å²) >= 11 is 0. The first-order chi connectivity index (χ1) is 13.3. The molecule has 0 amide bonds. The monoisotopic (exact) mass is 493 g/mol. The average Bonchev–Trinajstić information content (AvgIpc) is 3.11. The summed E-state index contributed by atoms with van der Waals surface area (Å²) in [5, 5.41) is 6.65. The highest BCUT2D eigenvalue weighted by molar-refractivity contribution is 14.0. The van der Waals surface area contributed by atoms with Gasteiger partial charge in [-0.15, -0.1) is 24.0 Å². The molecule has 2 heterocycles. The molecule has 28 heavy (non-hydrogen) atoms. The summed E-state index contributed by atoms with van der Waals surface area (Å²) < 4.78 is 7.74. The van der Waals surface area contributed by atoms with Gasteiger partial charge in [0.15, 0.2) is 5.96 Å². The Hall–Kier alpha value is -2.29. The molecule has 2 N–H and O–H groups in total. The van der Waals surface area contributed by atoms with Crippen LogP contribution in [0.1, 0.15) is 19.0 Å². The number of nitrogens with zero attached hydrogens (tertiary/aromatic N) is 3. The molecule has 0 unspecified atom stereocenters. The smallest absolute Gasteiger partial charge is 0.191 e. The average molecular weight is 493 g/mol. The van der Waals surface area contributed by atoms with Gasteiger partial charge in [-0.3, -0.25) is 4.99 Å². The molecule has 0 atom stereocenters. The third-order valence-corrected chi connectivity index (χ3v) is 4.02. The highest BCUT2D eigenvalue weighted by atomic mass is 127. The largest absolute Gasteiger partial charge is 0.494 e. The maximum absolute atomic E-state index is 5.69. The van der Waals surface area contributed by atoms with E-state index in [1.54, 1.807) is 0 Å². The van der Waals surface area contributed by atoms with Gasteiger partial charge in [0.05, 0.1) is 12.3 Å². The van der Waals surface area contributed by atoms with Crippen molar-refractivity contribution >= 4 is 35.6 Å². The number of guanidine groups is 1. The number of fused-ring (bicyclic) bond motifs is 1. The molecule has 1 aromatic carbocycles. The van der Waals surface area contributed by atoms with Gasteiger partial charge in [-0.25, -0.2) is 4.98 Å². The molecule has 0 aliphatic heterocycles. The van der Waals surface area contributed by atoms with Crippen molar-refractivity contribution in [1.29, 1.82) is 0 Å². The van der Waals surface area contributed by atoms with Crippen LogP contribution in [0.3, 0.4) is 0 Å². The first kappa shape index (κ1) is 22.0. The maximum Gasteiger partial charge on any atom is 0.191 e. The summed E-state index contributed by atoms with van der Waals surface area (Å²) in [7, 11) is 0. The van der Waals surface area contributed by atoms with Crippen molar-refractivity contribution in [2.45, 2.75) is 19.8 Å². The molecule has 0 aliphatic rings. The maximum atomic E-state index is 5.69. The lowest BCUT2D eigenvalue weighted by Gasteiger charge is -2.11. The van der Waals surface area contributed by atoms with E-state index in [1.165, 1.54) is 0 Å². The van der Waals surface area contributed by atoms with Crippen molar-refractivity contribution in [2.24, 2.45) is 4.99 Å². The number of pyridine rings is 1. The zero-order chi connectivity index (χ0) is 18.7. The van der Waals surface area contributed by atoms with Crippen LogP contribution in [-0.2, 0) is 6.42 Å². The summed E-state index contributed by atoms with van der Waals surface area (Å²) in [6, 6.07) is 15.9. The Labute approximate surface area is 183 Å². The SMILES string of the molecule is CCNC(=NCCCOc1ccccc1)NCCc1cn2ccccc2n1.I. The predicted molar refractivity (Wildman–Crippen MR) is 125 cm³/mol. The Bertz CT molecular complexity index is 817. The molecule has 3 rings (SSSR count). The minimum atomic E-state index is 0. The molecule has 0 fully saturated rings. The number of imidazole rings is 1. The normalized spacial score (nSPS) is 11.1. The van der Waals surface area contributed by atoms with Crippen LogP contribution in [0.4, 0.5) is 0 Å². The lowest BCUT2D eigenvalue weighted by molar-refractivity contribution is 0.313. The molecule has 0 saturated carbocycles. The molecule has 7 heteroatoms. The standard InChI is InChI=1S/C21H27N5O.HI/c1-2-22-21(23-13-8-16-27-19-9-4-3-5-10-19)24-14-12-18-17-26-15-7-6-11-20(26)25-18;/h3-7,9-11,15,17H,2,8,12-14,16H2,1H3,(H2,22,23,24);1H. The number of benzene rings is 1. The number of nitrogens with one attached hydrogen (secondary N) is 2. The highest BCUT2D eigenvalue weighted by Gasteiger charge is 2.02. The van der Waals surface area contributed by atoms with Gasteiger partial charge >= 0.3 is 0 Å². The van der Waals surface area contributed by atoms with Gasteiger partial charge in [-0.1, -0.05) is 24.3 Å². The van der Waals surface area contributed by atoms with Crippen molar-refractivity contribution < 1.29 is 4.74 Å². The summed E-state index contributed by atoms with van der Waals surface area (Å²) in [6.07, 6.45) is 5.81. The van der Waals surface area contributed by atoms with E-state index in [-0.39, 0.29) is 24.0 Å². The fourth-order valence-corrected chi connectivity index (χ4v) is 2.72. The van der Waals surface area contributed by atoms with Crippen LogP contribution in [0.25, 0.3) is 5.65 Å². The number of aromatic nitrogens is 2. The second-order valence-electron chi connectivity index (χ2n) is 6.15. The van der Waals surface area contributed by atoms with Gasteiger partial charge in [0, 0.05) is 44.9 Å². The first-order valence-corrected chi connectivity index (χ1v) is 9.48. The number of aliphatic imine (C=N–C) groups is 1. The number of hydrogen-bond donors (Lipinski definition) is 2. The molecule has 0 spiro atoms. The second kappa shape index (κ2) is 12.2. The summed E-state index contributed by atoms with van der Waals surface area (Å²) in [6.45, 7) is 5.07. The third-order valence-electron chi connectivity index (χ3n) is 4.02. The van der Waals surface area contributed by atoms with Gasteiger partial charge in [-0.05, 0) is 31.2 Å². The fraction of sp³-hybridized carbons (Fsp3) is 0.333. The van der Waals surface area contributed by atoms with Crippen molar-refractivity contribution in [2.75, 3.05) is 26.2 Å². The Kier molecular flexibility index (Phi) is 9.61. The zero-order valence-electron chi connectivity index (χ0n) is 16.2. The quantitative estimate of drug-likeness (QED) is 0.207. The van der Waals surface area contributed by atoms with Gasteiger partial charge in [0.1, 0.15) is 11.4 Å². The van der Waals surface area contributed by atoms with Crippen molar-refractivity contribution in [3.05, 3.63) is 66.6 Å². The van der Waals surface area contributed by atoms with E-state index in [1.807, 2.05) is 59.1 Å². The number of halogens is 1. The van der Waals surface area contributed by atoms with Crippen LogP contribution < -0.4 is 15.4 Å². The van der Waals surface area contributed by atoms with E-state index in [9.17, 15) is 0 Å². The van der Waals surface area contributed by atoms with Crippen LogP contribution in [-0.4, -0.2) is 41.6 Å². The van der Waals surface area contributed by atoms with Crippen LogP contribution in [0, 0.1) is 0 Å². The van der Waals surface area contributed by atoms with Gasteiger partial charge in [0.2, 0.25) is 0 Å². The van der Waals surface area contributed by atoms with Crippen LogP contribution in [0.2, 0.25) is 0 Å². The molecule has 0 saturated heterocycles. The number of ether oxygens (including phenoxy) is 1. The second-order valence-corrected chi connectivity index (χ2v) is 6.15. The van der Waals surface area contributed by atoms with Gasteiger partial charge < -0.3 is 19.8 Å². The van der Waals surface area contributed by atoms with Crippen LogP contribution >= 0.6 is 24.0 Å². The van der Waals surface area contributed by atoms with E-state index < -0.39 is 0 Å². The predicted octanol–water partition coefficient (Wildman–Crippen LogP) is 3.52. The first-order valence-electron chi connectivity index (χ1n) is 9.48. The van der Waals surface area contributed by atoms with Gasteiger partial charge in [0.25, 0.3) is 0 Å². The fourth-order valence-electron chi connectivity index (χ4n) is 2.72. The Morgan fingerprint density at radius 1 is 1.11 bits per heavy atom. The van der Waals surface area contributed by atoms with Crippen molar-refractivity contribution in [3.8, 4) is 5.75 Å². The minimum absolute atomic E-state index is 0. The molecule has 2 aromatic heterocycles. The molecule has 0 radical (unpaired) electrons. The van der Waals surface area contributed by atoms with Crippen LogP contribution in [0.15, 0.2) is 65.9 Å². The summed E-state index contributed by atoms with van der Waals surface area (Å²) in [5.41, 5.74) is 2.05. The lowest BCUT2D eigenvalue weighted by atomic mass is 10.3. The summed E-state index contributed by atoms with van der Waals surface area (Å²) in [5.74, 6) is 1.74. The lowest BCUT2D eigenvalue weighted by Crippen LogP contribution is -2.38. The number of rotatable bonds is 9. The van der Waals surface area contributed by atoms with E-state index in [0.717, 1.165) is 55.5 Å². The Morgan fingerprint density at radius 3 is 2.71 bits per heavy atom. The summed E-state index contributed by atoms with van der Waals surface area (Å²) in [4.78, 5) is 9.22. The molecule has 150 valence electrons. The minimum Gasteiger partial charge on any atom is -0.494 e. The molecular formula is C21H28IN5O. The van der Waals surface area contributed by atoms with E-state index in [2.05, 4.69) is 33.7 Å². The highest BCUT2D eigenvalue weighted by Crippen LogP contribution is 2.08. The van der Waals surface area contributed by atoms with E-state index in [4.69, 9.17) is 4.74 Å². The van der Waals surface area contributed by atoms with E-state index in [0.29, 0.717) is 6.61 Å². The van der Waals surface area contributed by atoms with Gasteiger partial charge in [-0.2, -0.15) is 0 Å². The topological polar surface area (TPSA) is 63.0 Å². The Balaban J connectivity index is 0.00000280. The molecule has 6 nitrogen and oxygen atoms in total. The Morgan fingerprint density at radius 2 is 1.93 bits per heavy atom. The molecular weight excluding hydrogens is 465 g/mol. The third kappa shape index (κ3) is 7.03. The molecule has 0 aliphatic carbocycles. The number of para-hydroxylation sites is 1. The van der Waals surface area contributed by atoms with Crippen LogP contribution in [0.5, 0.6) is 5.75 Å². The zero-order valence-corrected chi connectivity index (χ0v) is 18.5. The number of hydrogen-bond acceptors (Lipinski definition) is 3.